The van der Waals surface area contributed by atoms with Gasteiger partial charge >= 0.3 is 0 Å². The van der Waals surface area contributed by atoms with Crippen LogP contribution in [0.25, 0.3) is 0 Å². The molecule has 0 unspecified atom stereocenters. The summed E-state index contributed by atoms with van der Waals surface area (Å²) in [5, 5.41) is 0. The molecule has 4 rings (SSSR count). The van der Waals surface area contributed by atoms with Crippen LogP contribution in [0.2, 0.25) is 0 Å². The Kier molecular flexibility index (Phi) is 4.60. The first-order valence-electron chi connectivity index (χ1n) is 9.67. The first-order chi connectivity index (χ1) is 13.0. The van der Waals surface area contributed by atoms with E-state index in [1.807, 2.05) is 13.8 Å². The molecule has 1 aromatic heterocycles. The van der Waals surface area contributed by atoms with Crippen LogP contribution in [0.1, 0.15) is 56.6 Å². The molecule has 4 N–H and O–H groups in total. The van der Waals surface area contributed by atoms with Crippen LogP contribution < -0.4 is 16.2 Å². The zero-order valence-corrected chi connectivity index (χ0v) is 16.0. The van der Waals surface area contributed by atoms with Gasteiger partial charge in [0.1, 0.15) is 11.9 Å². The van der Waals surface area contributed by atoms with Gasteiger partial charge in [0.05, 0.1) is 5.71 Å². The van der Waals surface area contributed by atoms with Crippen LogP contribution in [0.15, 0.2) is 35.6 Å². The van der Waals surface area contributed by atoms with Gasteiger partial charge in [-0.3, -0.25) is 0 Å². The van der Waals surface area contributed by atoms with Crippen LogP contribution in [0.5, 0.6) is 5.88 Å². The zero-order chi connectivity index (χ0) is 19.0. The highest BCUT2D eigenvalue weighted by Gasteiger charge is 2.35. The van der Waals surface area contributed by atoms with E-state index in [-0.39, 0.29) is 0 Å². The molecule has 2 aliphatic rings. The summed E-state index contributed by atoms with van der Waals surface area (Å²) >= 11 is 0. The Hall–Kier alpha value is -2.47. The van der Waals surface area contributed by atoms with Crippen LogP contribution in [0.4, 0.5) is 11.5 Å². The van der Waals surface area contributed by atoms with Gasteiger partial charge in [-0.05, 0) is 63.5 Å². The second-order valence-electron chi connectivity index (χ2n) is 8.06. The maximum Gasteiger partial charge on any atom is 0.246 e. The minimum atomic E-state index is -0.589. The van der Waals surface area contributed by atoms with Gasteiger partial charge in [-0.15, -0.1) is 0 Å². The predicted molar refractivity (Wildman–Crippen MR) is 108 cm³/mol. The number of nitrogens with zero attached hydrogens (tertiary/aromatic N) is 3. The van der Waals surface area contributed by atoms with Gasteiger partial charge in [0.15, 0.2) is 11.5 Å². The molecule has 27 heavy (non-hydrogen) atoms. The molecular formula is C21H27N5O. The Morgan fingerprint density at radius 1 is 1.07 bits per heavy atom. The van der Waals surface area contributed by atoms with Crippen molar-refractivity contribution in [3.8, 4) is 5.88 Å². The van der Waals surface area contributed by atoms with Crippen molar-refractivity contribution < 1.29 is 4.74 Å². The van der Waals surface area contributed by atoms with Crippen molar-refractivity contribution in [3.05, 3.63) is 41.7 Å². The maximum absolute atomic E-state index is 6.06. The number of fused-ring (bicyclic) bond motifs is 1. The second kappa shape index (κ2) is 6.93. The largest absolute Gasteiger partial charge is 0.463 e. The summed E-state index contributed by atoms with van der Waals surface area (Å²) in [6.45, 7) is 4.80. The van der Waals surface area contributed by atoms with Gasteiger partial charge in [-0.2, -0.15) is 4.98 Å². The third-order valence-corrected chi connectivity index (χ3v) is 5.80. The van der Waals surface area contributed by atoms with E-state index in [2.05, 4.69) is 34.2 Å². The minimum Gasteiger partial charge on any atom is -0.463 e. The number of anilines is 1. The Morgan fingerprint density at radius 3 is 2.44 bits per heavy atom. The fraction of sp³-hybridized carbons (Fsp3) is 0.476. The number of nitrogens with two attached hydrogens (primary N) is 2. The van der Waals surface area contributed by atoms with E-state index in [9.17, 15) is 0 Å². The van der Waals surface area contributed by atoms with Gasteiger partial charge in [0.2, 0.25) is 5.88 Å². The van der Waals surface area contributed by atoms with E-state index in [1.165, 1.54) is 37.6 Å². The van der Waals surface area contributed by atoms with E-state index in [0.717, 1.165) is 17.8 Å². The van der Waals surface area contributed by atoms with Crippen molar-refractivity contribution in [1.29, 1.82) is 0 Å². The highest BCUT2D eigenvalue weighted by molar-refractivity contribution is 6.09. The van der Waals surface area contributed by atoms with E-state index in [1.54, 1.807) is 0 Å². The van der Waals surface area contributed by atoms with Gasteiger partial charge in [-0.1, -0.05) is 24.3 Å². The van der Waals surface area contributed by atoms with E-state index in [4.69, 9.17) is 21.2 Å². The van der Waals surface area contributed by atoms with E-state index in [0.29, 0.717) is 29.2 Å². The number of hydrogen-bond donors (Lipinski definition) is 2. The predicted octanol–water partition coefficient (Wildman–Crippen LogP) is 3.58. The highest BCUT2D eigenvalue weighted by atomic mass is 16.5. The summed E-state index contributed by atoms with van der Waals surface area (Å²) in [6, 6.07) is 8.72. The number of aliphatic imine (C=N–C) groups is 1. The van der Waals surface area contributed by atoms with Crippen LogP contribution in [0, 0.1) is 5.92 Å². The Labute approximate surface area is 160 Å². The highest BCUT2D eigenvalue weighted by Crippen LogP contribution is 2.39. The molecule has 1 aromatic carbocycles. The number of aromatic nitrogens is 2. The molecule has 1 aliphatic carbocycles. The number of nitrogen functional groups attached to an aromatic ring is 1. The molecule has 2 aromatic rings. The molecule has 0 radical (unpaired) electrons. The molecule has 1 saturated carbocycles. The Balaban J connectivity index is 1.61. The third kappa shape index (κ3) is 3.41. The summed E-state index contributed by atoms with van der Waals surface area (Å²) in [6.07, 6.45) is 6.30. The first-order valence-corrected chi connectivity index (χ1v) is 9.67. The van der Waals surface area contributed by atoms with Crippen molar-refractivity contribution in [2.75, 3.05) is 12.3 Å². The van der Waals surface area contributed by atoms with E-state index >= 15 is 0 Å². The molecule has 0 bridgehead atoms. The monoisotopic (exact) mass is 365 g/mol. The molecule has 142 valence electrons. The number of rotatable bonds is 3. The normalized spacial score (nSPS) is 23.9. The van der Waals surface area contributed by atoms with Crippen LogP contribution in [-0.2, 0) is 0 Å². The van der Waals surface area contributed by atoms with Gasteiger partial charge in [-0.25, -0.2) is 9.98 Å². The van der Waals surface area contributed by atoms with Crippen LogP contribution in [-0.4, -0.2) is 27.8 Å². The lowest BCUT2D eigenvalue weighted by molar-refractivity contribution is 0.171. The first kappa shape index (κ1) is 17.9. The molecule has 6 nitrogen and oxygen atoms in total. The molecule has 0 atom stereocenters. The van der Waals surface area contributed by atoms with Crippen molar-refractivity contribution in [3.63, 3.8) is 0 Å². The van der Waals surface area contributed by atoms with Crippen molar-refractivity contribution in [2.24, 2.45) is 16.6 Å². The fourth-order valence-corrected chi connectivity index (χ4v) is 4.15. The Bertz CT molecular complexity index is 851. The lowest BCUT2D eigenvalue weighted by Crippen LogP contribution is -2.41. The zero-order valence-electron chi connectivity index (χ0n) is 16.0. The third-order valence-electron chi connectivity index (χ3n) is 5.80. The average Bonchev–Trinajstić information content (AvgIpc) is 2.67. The molecule has 1 fully saturated rings. The molecule has 2 heterocycles. The quantitative estimate of drug-likeness (QED) is 0.866. The average molecular weight is 365 g/mol. The summed E-state index contributed by atoms with van der Waals surface area (Å²) in [4.78, 5) is 12.9. The summed E-state index contributed by atoms with van der Waals surface area (Å²) < 4.78 is 6.06. The topological polar surface area (TPSA) is 99.4 Å². The Morgan fingerprint density at radius 2 is 1.78 bits per heavy atom. The maximum atomic E-state index is 6.06. The van der Waals surface area contributed by atoms with Crippen molar-refractivity contribution in [2.45, 2.75) is 51.0 Å². The van der Waals surface area contributed by atoms with Crippen LogP contribution in [0.3, 0.4) is 0 Å². The van der Waals surface area contributed by atoms with Crippen molar-refractivity contribution in [1.82, 2.24) is 9.97 Å². The molecule has 1 aliphatic heterocycles. The van der Waals surface area contributed by atoms with E-state index < -0.39 is 5.60 Å². The standard InChI is InChI=1S/C21H27N5O/c1-21(2)18(26-17-19(23)24-12-25-20(17)27-21)16-9-7-15(8-10-16)14-5-3-13(11-22)4-6-14/h7-10,12-14H,3-6,11,22H2,1-2H3,(H2,23,24,25). The second-order valence-corrected chi connectivity index (χ2v) is 8.06. The summed E-state index contributed by atoms with van der Waals surface area (Å²) in [5.74, 6) is 2.10. The number of hydrogen-bond acceptors (Lipinski definition) is 6. The lowest BCUT2D eigenvalue weighted by Gasteiger charge is -2.32. The SMILES string of the molecule is CC1(C)Oc2ncnc(N)c2N=C1c1ccc(C2CCC(CN)CC2)cc1. The van der Waals surface area contributed by atoms with Gasteiger partial charge < -0.3 is 16.2 Å². The summed E-state index contributed by atoms with van der Waals surface area (Å²) in [7, 11) is 0. The molecule has 0 spiro atoms. The fourth-order valence-electron chi connectivity index (χ4n) is 4.15. The molecule has 6 heteroatoms. The smallest absolute Gasteiger partial charge is 0.246 e. The lowest BCUT2D eigenvalue weighted by atomic mass is 9.78. The van der Waals surface area contributed by atoms with Crippen LogP contribution >= 0.6 is 0 Å². The van der Waals surface area contributed by atoms with Gasteiger partial charge in [0.25, 0.3) is 0 Å². The number of benzene rings is 1. The molecule has 0 saturated heterocycles. The minimum absolute atomic E-state index is 0.335. The van der Waals surface area contributed by atoms with Crippen molar-refractivity contribution >= 4 is 17.2 Å². The molecular weight excluding hydrogens is 338 g/mol. The van der Waals surface area contributed by atoms with Gasteiger partial charge in [0, 0.05) is 5.56 Å². The number of ether oxygens (including phenoxy) is 1. The summed E-state index contributed by atoms with van der Waals surface area (Å²) in [5.41, 5.74) is 15.0. The molecule has 0 amide bonds.